The Morgan fingerprint density at radius 1 is 1.14 bits per heavy atom. The third kappa shape index (κ3) is 5.49. The number of halogens is 3. The molecule has 1 aromatic carbocycles. The predicted molar refractivity (Wildman–Crippen MR) is 91.9 cm³/mol. The lowest BCUT2D eigenvalue weighted by atomic mass is 10.2. The van der Waals surface area contributed by atoms with Gasteiger partial charge >= 0.3 is 6.36 Å². The molecule has 0 bridgehead atoms. The number of alkyl halides is 3. The topological polar surface area (TPSA) is 76.2 Å². The summed E-state index contributed by atoms with van der Waals surface area (Å²) in [4.78, 5) is 27.1. The second-order valence-electron chi connectivity index (χ2n) is 6.32. The van der Waals surface area contributed by atoms with Gasteiger partial charge in [-0.25, -0.2) is 0 Å². The molecule has 0 spiro atoms. The molecule has 0 radical (unpaired) electrons. The van der Waals surface area contributed by atoms with Gasteiger partial charge in [0.15, 0.2) is 12.3 Å². The Labute approximate surface area is 158 Å². The van der Waals surface area contributed by atoms with Gasteiger partial charge in [-0.2, -0.15) is 0 Å². The summed E-state index contributed by atoms with van der Waals surface area (Å²) in [6.07, 6.45) is -3.31. The molecule has 2 aromatic rings. The van der Waals surface area contributed by atoms with Crippen molar-refractivity contribution in [3.8, 4) is 5.75 Å². The maximum Gasteiger partial charge on any atom is 0.573 e. The first kappa shape index (κ1) is 19.7. The molecular formula is C18H19F3N3O4+. The van der Waals surface area contributed by atoms with E-state index >= 15 is 0 Å². The normalized spacial score (nSPS) is 15.3. The third-order valence-corrected chi connectivity index (χ3v) is 4.27. The van der Waals surface area contributed by atoms with Crippen molar-refractivity contribution in [3.63, 3.8) is 0 Å². The molecule has 1 aliphatic heterocycles. The van der Waals surface area contributed by atoms with Crippen LogP contribution in [0, 0.1) is 0 Å². The molecule has 2 heterocycles. The van der Waals surface area contributed by atoms with Crippen LogP contribution in [0.2, 0.25) is 0 Å². The highest BCUT2D eigenvalue weighted by Crippen LogP contribution is 2.23. The second kappa shape index (κ2) is 8.34. The number of carbonyl (C=O) groups is 2. The lowest BCUT2D eigenvalue weighted by Crippen LogP contribution is -3.15. The van der Waals surface area contributed by atoms with Crippen LogP contribution in [-0.2, 0) is 4.79 Å². The number of nitrogens with zero attached hydrogens (tertiary/aromatic N) is 1. The molecule has 2 N–H and O–H groups in total. The quantitative estimate of drug-likeness (QED) is 0.793. The molecule has 0 unspecified atom stereocenters. The zero-order valence-electron chi connectivity index (χ0n) is 14.8. The van der Waals surface area contributed by atoms with Gasteiger partial charge in [0.05, 0.1) is 32.4 Å². The lowest BCUT2D eigenvalue weighted by Gasteiger charge is -2.31. The number of ether oxygens (including phenoxy) is 1. The number of hydrogen-bond acceptors (Lipinski definition) is 4. The van der Waals surface area contributed by atoms with Crippen LogP contribution in [0.1, 0.15) is 10.6 Å². The Hall–Kier alpha value is -3.01. The summed E-state index contributed by atoms with van der Waals surface area (Å²) in [7, 11) is 0. The third-order valence-electron chi connectivity index (χ3n) is 4.27. The Morgan fingerprint density at radius 3 is 2.39 bits per heavy atom. The van der Waals surface area contributed by atoms with Gasteiger partial charge in [0, 0.05) is 5.69 Å². The highest BCUT2D eigenvalue weighted by atomic mass is 19.4. The number of nitrogens with one attached hydrogen (secondary N) is 2. The summed E-state index contributed by atoms with van der Waals surface area (Å²) in [5.74, 6) is -0.493. The van der Waals surface area contributed by atoms with Crippen LogP contribution in [0.15, 0.2) is 47.1 Å². The number of benzene rings is 1. The zero-order chi connectivity index (χ0) is 20.1. The van der Waals surface area contributed by atoms with Crippen LogP contribution in [0.25, 0.3) is 0 Å². The van der Waals surface area contributed by atoms with Crippen LogP contribution in [0.4, 0.5) is 18.9 Å². The fraction of sp³-hybridized carbons (Fsp3) is 0.333. The summed E-state index contributed by atoms with van der Waals surface area (Å²) in [5.41, 5.74) is 0.380. The molecule has 1 aromatic heterocycles. The average Bonchev–Trinajstić information content (AvgIpc) is 3.17. The van der Waals surface area contributed by atoms with E-state index in [1.54, 1.807) is 17.0 Å². The van der Waals surface area contributed by atoms with Crippen LogP contribution in [0.5, 0.6) is 5.75 Å². The average molecular weight is 398 g/mol. The Balaban J connectivity index is 1.44. The van der Waals surface area contributed by atoms with Crippen LogP contribution in [-0.4, -0.2) is 55.8 Å². The molecule has 150 valence electrons. The van der Waals surface area contributed by atoms with Crippen molar-refractivity contribution in [3.05, 3.63) is 48.4 Å². The van der Waals surface area contributed by atoms with Gasteiger partial charge in [-0.15, -0.1) is 13.2 Å². The minimum absolute atomic E-state index is 0.172. The summed E-state index contributed by atoms with van der Waals surface area (Å²) in [6, 6.07) is 8.22. The minimum Gasteiger partial charge on any atom is -0.459 e. The molecule has 1 fully saturated rings. The first-order valence-electron chi connectivity index (χ1n) is 8.62. The van der Waals surface area contributed by atoms with E-state index in [-0.39, 0.29) is 24.1 Å². The van der Waals surface area contributed by atoms with E-state index in [0.29, 0.717) is 37.6 Å². The maximum absolute atomic E-state index is 12.2. The van der Waals surface area contributed by atoms with Crippen molar-refractivity contribution in [2.24, 2.45) is 0 Å². The smallest absolute Gasteiger partial charge is 0.459 e. The van der Waals surface area contributed by atoms with Crippen LogP contribution < -0.4 is 15.0 Å². The number of hydrogen-bond donors (Lipinski definition) is 2. The van der Waals surface area contributed by atoms with Gasteiger partial charge in [0.1, 0.15) is 5.75 Å². The highest BCUT2D eigenvalue weighted by Gasteiger charge is 2.31. The lowest BCUT2D eigenvalue weighted by molar-refractivity contribution is -0.895. The summed E-state index contributed by atoms with van der Waals surface area (Å²) in [5, 5.41) is 2.64. The molecule has 0 saturated carbocycles. The largest absolute Gasteiger partial charge is 0.573 e. The Morgan fingerprint density at radius 2 is 1.82 bits per heavy atom. The fourth-order valence-electron chi connectivity index (χ4n) is 2.93. The van der Waals surface area contributed by atoms with Crippen LogP contribution >= 0.6 is 0 Å². The molecule has 7 nitrogen and oxygen atoms in total. The standard InChI is InChI=1S/C18H18F3N3O4/c19-18(20,21)28-14-5-3-13(4-6-14)22-16(25)12-23-7-9-24(10-8-23)17(26)15-2-1-11-27-15/h1-6,11H,7-10,12H2,(H,22,25)/p+1. The van der Waals surface area contributed by atoms with Crippen molar-refractivity contribution in [2.45, 2.75) is 6.36 Å². The number of anilines is 1. The molecule has 3 rings (SSSR count). The maximum atomic E-state index is 12.2. The van der Waals surface area contributed by atoms with Crippen molar-refractivity contribution >= 4 is 17.5 Å². The molecular weight excluding hydrogens is 379 g/mol. The summed E-state index contributed by atoms with van der Waals surface area (Å²) >= 11 is 0. The summed E-state index contributed by atoms with van der Waals surface area (Å²) < 4.78 is 45.3. The van der Waals surface area contributed by atoms with Crippen molar-refractivity contribution < 1.29 is 36.8 Å². The van der Waals surface area contributed by atoms with E-state index in [9.17, 15) is 22.8 Å². The number of amides is 2. The van der Waals surface area contributed by atoms with E-state index in [2.05, 4.69) is 10.1 Å². The number of rotatable bonds is 5. The molecule has 1 aliphatic rings. The van der Waals surface area contributed by atoms with Crippen molar-refractivity contribution in [1.29, 1.82) is 0 Å². The van der Waals surface area contributed by atoms with E-state index in [4.69, 9.17) is 4.42 Å². The second-order valence-corrected chi connectivity index (χ2v) is 6.32. The van der Waals surface area contributed by atoms with E-state index in [0.717, 1.165) is 17.0 Å². The molecule has 0 aliphatic carbocycles. The number of quaternary nitrogens is 1. The first-order chi connectivity index (χ1) is 13.3. The van der Waals surface area contributed by atoms with Crippen molar-refractivity contribution in [2.75, 3.05) is 38.0 Å². The van der Waals surface area contributed by atoms with Gasteiger partial charge in [0.25, 0.3) is 11.8 Å². The SMILES string of the molecule is O=C(C[NH+]1CCN(C(=O)c2ccco2)CC1)Nc1ccc(OC(F)(F)F)cc1. The molecule has 0 atom stereocenters. The van der Waals surface area contributed by atoms with Gasteiger partial charge in [0.2, 0.25) is 0 Å². The van der Waals surface area contributed by atoms with Crippen LogP contribution in [0.3, 0.4) is 0 Å². The summed E-state index contributed by atoms with van der Waals surface area (Å²) in [6.45, 7) is 2.43. The van der Waals surface area contributed by atoms with Gasteiger partial charge in [-0.3, -0.25) is 9.59 Å². The minimum atomic E-state index is -4.76. The van der Waals surface area contributed by atoms with Gasteiger partial charge in [-0.05, 0) is 36.4 Å². The molecule has 28 heavy (non-hydrogen) atoms. The Kier molecular flexibility index (Phi) is 5.88. The molecule has 1 saturated heterocycles. The number of furan rings is 1. The monoisotopic (exact) mass is 398 g/mol. The number of piperazine rings is 1. The highest BCUT2D eigenvalue weighted by molar-refractivity contribution is 5.92. The van der Waals surface area contributed by atoms with Gasteiger partial charge < -0.3 is 24.3 Å². The van der Waals surface area contributed by atoms with Crippen molar-refractivity contribution in [1.82, 2.24) is 4.90 Å². The van der Waals surface area contributed by atoms with E-state index in [1.807, 2.05) is 0 Å². The van der Waals surface area contributed by atoms with E-state index < -0.39 is 6.36 Å². The Bertz CT molecular complexity index is 798. The van der Waals surface area contributed by atoms with E-state index in [1.165, 1.54) is 18.4 Å². The number of carbonyl (C=O) groups excluding carboxylic acids is 2. The predicted octanol–water partition coefficient (Wildman–Crippen LogP) is 1.16. The zero-order valence-corrected chi connectivity index (χ0v) is 14.8. The molecule has 10 heteroatoms. The fourth-order valence-corrected chi connectivity index (χ4v) is 2.93. The first-order valence-corrected chi connectivity index (χ1v) is 8.62. The van der Waals surface area contributed by atoms with Gasteiger partial charge in [-0.1, -0.05) is 0 Å². The molecule has 2 amide bonds.